The van der Waals surface area contributed by atoms with Gasteiger partial charge in [-0.25, -0.2) is 0 Å². The van der Waals surface area contributed by atoms with Gasteiger partial charge in [0.15, 0.2) is 6.29 Å². The molecular formula is C21H42O3. The normalized spacial score (nSPS) is 20.8. The Hall–Kier alpha value is -0.120. The molecule has 0 aromatic rings. The van der Waals surface area contributed by atoms with Gasteiger partial charge in [-0.3, -0.25) is 0 Å². The lowest BCUT2D eigenvalue weighted by atomic mass is 10.0. The highest BCUT2D eigenvalue weighted by Crippen LogP contribution is 2.20. The number of hydrogen-bond donors (Lipinski definition) is 1. The van der Waals surface area contributed by atoms with Gasteiger partial charge >= 0.3 is 0 Å². The van der Waals surface area contributed by atoms with E-state index in [9.17, 15) is 0 Å². The van der Waals surface area contributed by atoms with E-state index in [0.29, 0.717) is 6.61 Å². The summed E-state index contributed by atoms with van der Waals surface area (Å²) in [5.74, 6) is 0.284. The van der Waals surface area contributed by atoms with Crippen LogP contribution >= 0.6 is 0 Å². The fourth-order valence-electron chi connectivity index (χ4n) is 3.41. The van der Waals surface area contributed by atoms with Gasteiger partial charge in [0, 0.05) is 25.6 Å². The van der Waals surface area contributed by atoms with Crippen LogP contribution in [0.2, 0.25) is 0 Å². The lowest BCUT2D eigenvalue weighted by Crippen LogP contribution is -2.12. The van der Waals surface area contributed by atoms with Crippen LogP contribution in [0.1, 0.15) is 103 Å². The molecule has 1 saturated heterocycles. The molecule has 1 aliphatic rings. The Kier molecular flexibility index (Phi) is 14.9. The summed E-state index contributed by atoms with van der Waals surface area (Å²) in [6.07, 6.45) is 20.2. The third-order valence-electron chi connectivity index (χ3n) is 5.10. The van der Waals surface area contributed by atoms with Crippen molar-refractivity contribution in [2.45, 2.75) is 110 Å². The average molecular weight is 343 g/mol. The molecule has 0 radical (unpaired) electrons. The highest BCUT2D eigenvalue weighted by molar-refractivity contribution is 4.66. The fourth-order valence-corrected chi connectivity index (χ4v) is 3.41. The summed E-state index contributed by atoms with van der Waals surface area (Å²) in [7, 11) is 0. The monoisotopic (exact) mass is 342 g/mol. The number of hydrogen-bond acceptors (Lipinski definition) is 3. The van der Waals surface area contributed by atoms with E-state index in [1.807, 2.05) is 0 Å². The Morgan fingerprint density at radius 1 is 0.792 bits per heavy atom. The molecule has 1 rings (SSSR count). The molecule has 1 heterocycles. The largest absolute Gasteiger partial charge is 0.396 e. The first kappa shape index (κ1) is 21.9. The van der Waals surface area contributed by atoms with Crippen LogP contribution < -0.4 is 0 Å². The van der Waals surface area contributed by atoms with E-state index in [2.05, 4.69) is 6.92 Å². The van der Waals surface area contributed by atoms with Gasteiger partial charge in [0.05, 0.1) is 6.61 Å². The third-order valence-corrected chi connectivity index (χ3v) is 5.10. The van der Waals surface area contributed by atoms with Crippen LogP contribution in [-0.2, 0) is 9.47 Å². The standard InChI is InChI=1S/C21H42O3/c1-2-3-4-5-6-7-8-9-10-11-12-13-14-15-16-23-21-17-20(18-22)19-24-21/h20-22H,2-19H2,1H3/t20-,21+/m1/s1. The predicted octanol–water partition coefficient (Wildman–Crippen LogP) is 5.84. The topological polar surface area (TPSA) is 38.7 Å². The number of rotatable bonds is 17. The summed E-state index contributed by atoms with van der Waals surface area (Å²) in [6, 6.07) is 0. The quantitative estimate of drug-likeness (QED) is 0.337. The van der Waals surface area contributed by atoms with E-state index < -0.39 is 0 Å². The van der Waals surface area contributed by atoms with Gasteiger partial charge in [0.2, 0.25) is 0 Å². The molecule has 0 bridgehead atoms. The Morgan fingerprint density at radius 2 is 1.29 bits per heavy atom. The van der Waals surface area contributed by atoms with Gasteiger partial charge in [-0.15, -0.1) is 0 Å². The van der Waals surface area contributed by atoms with E-state index in [4.69, 9.17) is 14.6 Å². The maximum absolute atomic E-state index is 9.05. The second kappa shape index (κ2) is 16.4. The van der Waals surface area contributed by atoms with Crippen LogP contribution in [0.15, 0.2) is 0 Å². The van der Waals surface area contributed by atoms with Crippen molar-refractivity contribution in [1.82, 2.24) is 0 Å². The van der Waals surface area contributed by atoms with Gasteiger partial charge in [-0.1, -0.05) is 90.4 Å². The summed E-state index contributed by atoms with van der Waals surface area (Å²) >= 11 is 0. The fraction of sp³-hybridized carbons (Fsp3) is 1.00. The smallest absolute Gasteiger partial charge is 0.158 e. The van der Waals surface area contributed by atoms with Crippen LogP contribution in [0.25, 0.3) is 0 Å². The molecular weight excluding hydrogens is 300 g/mol. The Morgan fingerprint density at radius 3 is 1.75 bits per heavy atom. The lowest BCUT2D eigenvalue weighted by Gasteiger charge is -2.10. The molecule has 144 valence electrons. The van der Waals surface area contributed by atoms with Gasteiger partial charge in [0.25, 0.3) is 0 Å². The van der Waals surface area contributed by atoms with Crippen LogP contribution in [0.4, 0.5) is 0 Å². The molecule has 1 aliphatic heterocycles. The Bertz CT molecular complexity index is 257. The molecule has 0 aromatic heterocycles. The van der Waals surface area contributed by atoms with E-state index in [0.717, 1.165) is 19.4 Å². The minimum atomic E-state index is -0.0656. The highest BCUT2D eigenvalue weighted by Gasteiger charge is 2.24. The minimum Gasteiger partial charge on any atom is -0.396 e. The number of aliphatic hydroxyl groups excluding tert-OH is 1. The van der Waals surface area contributed by atoms with Gasteiger partial charge in [0.1, 0.15) is 0 Å². The molecule has 0 amide bonds. The first-order valence-corrected chi connectivity index (χ1v) is 10.7. The van der Waals surface area contributed by atoms with Crippen LogP contribution in [0.3, 0.4) is 0 Å². The molecule has 0 unspecified atom stereocenters. The van der Waals surface area contributed by atoms with Crippen LogP contribution in [-0.4, -0.2) is 31.2 Å². The maximum atomic E-state index is 9.05. The van der Waals surface area contributed by atoms with Gasteiger partial charge in [-0.05, 0) is 6.42 Å². The summed E-state index contributed by atoms with van der Waals surface area (Å²) in [5.41, 5.74) is 0. The van der Waals surface area contributed by atoms with Crippen molar-refractivity contribution < 1.29 is 14.6 Å². The number of unbranched alkanes of at least 4 members (excludes halogenated alkanes) is 13. The molecule has 2 atom stereocenters. The van der Waals surface area contributed by atoms with Crippen molar-refractivity contribution in [3.8, 4) is 0 Å². The zero-order valence-corrected chi connectivity index (χ0v) is 16.1. The number of ether oxygens (including phenoxy) is 2. The molecule has 1 N–H and O–H groups in total. The molecule has 3 heteroatoms. The lowest BCUT2D eigenvalue weighted by molar-refractivity contribution is -0.111. The summed E-state index contributed by atoms with van der Waals surface area (Å²) in [4.78, 5) is 0. The maximum Gasteiger partial charge on any atom is 0.158 e. The molecule has 1 fully saturated rings. The molecule has 0 aromatic carbocycles. The van der Waals surface area contributed by atoms with Gasteiger partial charge < -0.3 is 14.6 Å². The van der Waals surface area contributed by atoms with E-state index in [1.165, 1.54) is 83.5 Å². The first-order chi connectivity index (χ1) is 11.9. The van der Waals surface area contributed by atoms with Crippen LogP contribution in [0.5, 0.6) is 0 Å². The van der Waals surface area contributed by atoms with E-state index in [1.54, 1.807) is 0 Å². The summed E-state index contributed by atoms with van der Waals surface area (Å²) in [6.45, 7) is 3.96. The van der Waals surface area contributed by atoms with Crippen molar-refractivity contribution in [3.05, 3.63) is 0 Å². The van der Waals surface area contributed by atoms with Crippen molar-refractivity contribution in [2.75, 3.05) is 19.8 Å². The zero-order valence-electron chi connectivity index (χ0n) is 16.1. The van der Waals surface area contributed by atoms with Crippen molar-refractivity contribution in [2.24, 2.45) is 5.92 Å². The molecule has 3 nitrogen and oxygen atoms in total. The van der Waals surface area contributed by atoms with Crippen LogP contribution in [0, 0.1) is 5.92 Å². The van der Waals surface area contributed by atoms with E-state index >= 15 is 0 Å². The molecule has 0 spiro atoms. The third kappa shape index (κ3) is 12.3. The molecule has 0 saturated carbocycles. The Balaban J connectivity index is 1.69. The zero-order chi connectivity index (χ0) is 17.3. The van der Waals surface area contributed by atoms with Gasteiger partial charge in [-0.2, -0.15) is 0 Å². The summed E-state index contributed by atoms with van der Waals surface area (Å²) in [5, 5.41) is 9.05. The average Bonchev–Trinajstić information content (AvgIpc) is 3.06. The van der Waals surface area contributed by atoms with Crippen molar-refractivity contribution in [1.29, 1.82) is 0 Å². The molecule has 0 aliphatic carbocycles. The minimum absolute atomic E-state index is 0.0656. The SMILES string of the molecule is CCCCCCCCCCCCCCCCO[C@@H]1C[C@H](CO)CO1. The Labute approximate surface area is 150 Å². The van der Waals surface area contributed by atoms with Crippen molar-refractivity contribution in [3.63, 3.8) is 0 Å². The second-order valence-electron chi connectivity index (χ2n) is 7.51. The highest BCUT2D eigenvalue weighted by atomic mass is 16.7. The van der Waals surface area contributed by atoms with Crippen molar-refractivity contribution >= 4 is 0 Å². The second-order valence-corrected chi connectivity index (χ2v) is 7.51. The summed E-state index contributed by atoms with van der Waals surface area (Å²) < 4.78 is 11.2. The molecule has 24 heavy (non-hydrogen) atoms. The van der Waals surface area contributed by atoms with E-state index in [-0.39, 0.29) is 18.8 Å². The first-order valence-electron chi connectivity index (χ1n) is 10.7. The predicted molar refractivity (Wildman–Crippen MR) is 101 cm³/mol. The number of aliphatic hydroxyl groups is 1.